The standard InChI is InChI=1S/C30H44N2O4S2/c1-27(2,3)19-13-17(14-20(23(19)33)28(4,5)6)37-25(31-35)26(32-36)38-18-15-21(29(7,8)9)24(34)22(16-18)30(10,11)12/h13-16,33-36H,1-12H3/b31-25-,32-26-. The average Bonchev–Trinajstić information content (AvgIpc) is 2.74. The molecule has 0 fully saturated rings. The molecule has 0 radical (unpaired) electrons. The van der Waals surface area contributed by atoms with Crippen LogP contribution in [0.4, 0.5) is 0 Å². The van der Waals surface area contributed by atoms with Crippen molar-refractivity contribution in [1.29, 1.82) is 0 Å². The van der Waals surface area contributed by atoms with Gasteiger partial charge in [-0.2, -0.15) is 0 Å². The lowest BCUT2D eigenvalue weighted by Crippen LogP contribution is -2.18. The van der Waals surface area contributed by atoms with Gasteiger partial charge in [0.25, 0.3) is 0 Å². The van der Waals surface area contributed by atoms with Crippen molar-refractivity contribution in [3.05, 3.63) is 46.5 Å². The van der Waals surface area contributed by atoms with Crippen LogP contribution in [0.3, 0.4) is 0 Å². The van der Waals surface area contributed by atoms with Crippen molar-refractivity contribution in [3.8, 4) is 11.5 Å². The van der Waals surface area contributed by atoms with E-state index < -0.39 is 0 Å². The minimum absolute atomic E-state index is 0.116. The molecule has 0 saturated carbocycles. The maximum absolute atomic E-state index is 11.1. The van der Waals surface area contributed by atoms with Gasteiger partial charge in [0.05, 0.1) is 0 Å². The zero-order chi connectivity index (χ0) is 29.4. The Hall–Kier alpha value is -2.32. The number of aromatic hydroxyl groups is 2. The Labute approximate surface area is 236 Å². The van der Waals surface area contributed by atoms with Gasteiger partial charge in [0.2, 0.25) is 0 Å². The predicted molar refractivity (Wildman–Crippen MR) is 161 cm³/mol. The minimum atomic E-state index is -0.321. The molecular formula is C30H44N2O4S2. The van der Waals surface area contributed by atoms with Crippen LogP contribution in [-0.4, -0.2) is 30.7 Å². The van der Waals surface area contributed by atoms with Crippen molar-refractivity contribution >= 4 is 33.6 Å². The van der Waals surface area contributed by atoms with Gasteiger partial charge in [-0.1, -0.05) is 117 Å². The Morgan fingerprint density at radius 1 is 0.500 bits per heavy atom. The molecular weight excluding hydrogens is 516 g/mol. The molecule has 4 N–H and O–H groups in total. The molecule has 0 saturated heterocycles. The number of nitrogens with zero attached hydrogens (tertiary/aromatic N) is 2. The summed E-state index contributed by atoms with van der Waals surface area (Å²) in [5.74, 6) is 0.520. The van der Waals surface area contributed by atoms with E-state index in [0.717, 1.165) is 55.6 Å². The molecule has 0 atom stereocenters. The maximum Gasteiger partial charge on any atom is 0.176 e. The number of phenols is 2. The van der Waals surface area contributed by atoms with Crippen LogP contribution in [0.15, 0.2) is 44.4 Å². The van der Waals surface area contributed by atoms with Crippen LogP contribution in [0.1, 0.15) is 105 Å². The van der Waals surface area contributed by atoms with E-state index in [9.17, 15) is 20.6 Å². The van der Waals surface area contributed by atoms with Crippen LogP contribution in [0.25, 0.3) is 0 Å². The molecule has 0 spiro atoms. The highest BCUT2D eigenvalue weighted by atomic mass is 32.2. The Balaban J connectivity index is 2.58. The van der Waals surface area contributed by atoms with Crippen molar-refractivity contribution < 1.29 is 20.6 Å². The molecule has 210 valence electrons. The van der Waals surface area contributed by atoms with Crippen LogP contribution in [0.5, 0.6) is 11.5 Å². The SMILES string of the molecule is CC(C)(C)c1cc(SC(=N\O)/C(=N/O)Sc2cc(C(C)(C)C)c(O)c(C(C)(C)C)c2)cc(C(C)(C)C)c1O. The molecule has 0 aliphatic carbocycles. The quantitative estimate of drug-likeness (QED) is 0.0962. The lowest BCUT2D eigenvalue weighted by atomic mass is 9.79. The molecule has 0 bridgehead atoms. The first-order chi connectivity index (χ1) is 17.1. The lowest BCUT2D eigenvalue weighted by molar-refractivity contribution is 0.316. The second-order valence-corrected chi connectivity index (χ2v) is 15.9. The Kier molecular flexibility index (Phi) is 9.27. The van der Waals surface area contributed by atoms with Crippen LogP contribution in [0, 0.1) is 0 Å². The first-order valence-electron chi connectivity index (χ1n) is 12.7. The summed E-state index contributed by atoms with van der Waals surface area (Å²) < 4.78 is 0. The molecule has 2 aromatic rings. The van der Waals surface area contributed by atoms with E-state index in [1.165, 1.54) is 0 Å². The highest BCUT2D eigenvalue weighted by Crippen LogP contribution is 2.44. The van der Waals surface area contributed by atoms with E-state index in [1.54, 1.807) is 0 Å². The van der Waals surface area contributed by atoms with Crippen molar-refractivity contribution in [2.24, 2.45) is 10.3 Å². The van der Waals surface area contributed by atoms with Gasteiger partial charge >= 0.3 is 0 Å². The third-order valence-electron chi connectivity index (χ3n) is 6.19. The molecule has 2 aromatic carbocycles. The fourth-order valence-electron chi connectivity index (χ4n) is 4.06. The summed E-state index contributed by atoms with van der Waals surface area (Å²) in [5, 5.41) is 49.2. The van der Waals surface area contributed by atoms with Gasteiger partial charge in [-0.15, -0.1) is 0 Å². The second-order valence-electron chi connectivity index (χ2n) is 13.7. The van der Waals surface area contributed by atoms with Crippen molar-refractivity contribution in [3.63, 3.8) is 0 Å². The predicted octanol–water partition coefficient (Wildman–Crippen LogP) is 8.75. The number of rotatable bonds is 2. The topological polar surface area (TPSA) is 106 Å². The summed E-state index contributed by atoms with van der Waals surface area (Å²) in [6.07, 6.45) is 0. The average molecular weight is 561 g/mol. The largest absolute Gasteiger partial charge is 0.507 e. The van der Waals surface area contributed by atoms with Gasteiger partial charge in [0, 0.05) is 32.0 Å². The molecule has 0 unspecified atom stereocenters. The van der Waals surface area contributed by atoms with Crippen LogP contribution in [-0.2, 0) is 21.7 Å². The lowest BCUT2D eigenvalue weighted by Gasteiger charge is -2.28. The number of phenolic OH excluding ortho intramolecular Hbond substituents is 2. The van der Waals surface area contributed by atoms with Crippen molar-refractivity contribution in [2.45, 2.75) is 115 Å². The summed E-state index contributed by atoms with van der Waals surface area (Å²) in [6.45, 7) is 24.4. The zero-order valence-electron chi connectivity index (χ0n) is 24.8. The van der Waals surface area contributed by atoms with Crippen molar-refractivity contribution in [1.82, 2.24) is 0 Å². The van der Waals surface area contributed by atoms with Gasteiger partial charge in [-0.3, -0.25) is 0 Å². The van der Waals surface area contributed by atoms with E-state index in [2.05, 4.69) is 10.3 Å². The molecule has 0 aliphatic rings. The normalized spacial score (nSPS) is 14.2. The highest BCUT2D eigenvalue weighted by Gasteiger charge is 2.29. The molecule has 6 nitrogen and oxygen atoms in total. The Bertz CT molecular complexity index is 1070. The molecule has 0 aliphatic heterocycles. The van der Waals surface area contributed by atoms with Crippen LogP contribution in [0.2, 0.25) is 0 Å². The number of thioether (sulfide) groups is 2. The fraction of sp³-hybridized carbons (Fsp3) is 0.533. The third kappa shape index (κ3) is 7.41. The van der Waals surface area contributed by atoms with Gasteiger partial charge in [0.15, 0.2) is 10.1 Å². The van der Waals surface area contributed by atoms with E-state index in [0.29, 0.717) is 0 Å². The monoisotopic (exact) mass is 560 g/mol. The highest BCUT2D eigenvalue weighted by molar-refractivity contribution is 8.25. The Morgan fingerprint density at radius 3 is 0.868 bits per heavy atom. The molecule has 2 rings (SSSR count). The molecule has 0 amide bonds. The van der Waals surface area contributed by atoms with E-state index in [4.69, 9.17) is 0 Å². The molecule has 8 heteroatoms. The smallest absolute Gasteiger partial charge is 0.176 e. The summed E-state index contributed by atoms with van der Waals surface area (Å²) >= 11 is 2.32. The number of hydrogen-bond donors (Lipinski definition) is 4. The molecule has 0 heterocycles. The molecule has 38 heavy (non-hydrogen) atoms. The summed E-state index contributed by atoms with van der Waals surface area (Å²) in [5.41, 5.74) is 1.84. The summed E-state index contributed by atoms with van der Waals surface area (Å²) in [7, 11) is 0. The number of benzene rings is 2. The van der Waals surface area contributed by atoms with Gasteiger partial charge in [-0.25, -0.2) is 0 Å². The van der Waals surface area contributed by atoms with E-state index >= 15 is 0 Å². The first kappa shape index (κ1) is 31.9. The van der Waals surface area contributed by atoms with Gasteiger partial charge in [0.1, 0.15) is 11.5 Å². The van der Waals surface area contributed by atoms with Crippen LogP contribution >= 0.6 is 23.5 Å². The minimum Gasteiger partial charge on any atom is -0.507 e. The first-order valence-corrected chi connectivity index (χ1v) is 14.3. The third-order valence-corrected chi connectivity index (χ3v) is 8.20. The van der Waals surface area contributed by atoms with Gasteiger partial charge in [-0.05, 0) is 45.9 Å². The maximum atomic E-state index is 11.1. The van der Waals surface area contributed by atoms with Crippen LogP contribution < -0.4 is 0 Å². The van der Waals surface area contributed by atoms with E-state index in [-0.39, 0.29) is 43.2 Å². The number of hydrogen-bond acceptors (Lipinski definition) is 8. The summed E-state index contributed by atoms with van der Waals surface area (Å²) in [4.78, 5) is 1.51. The second kappa shape index (κ2) is 11.0. The summed E-state index contributed by atoms with van der Waals surface area (Å²) in [6, 6.07) is 7.54. The Morgan fingerprint density at radius 2 is 0.711 bits per heavy atom. The molecule has 0 aromatic heterocycles. The number of oxime groups is 2. The van der Waals surface area contributed by atoms with Crippen molar-refractivity contribution in [2.75, 3.05) is 0 Å². The zero-order valence-corrected chi connectivity index (χ0v) is 26.4. The fourth-order valence-corrected chi connectivity index (χ4v) is 5.80. The van der Waals surface area contributed by atoms with E-state index in [1.807, 2.05) is 107 Å². The van der Waals surface area contributed by atoms with Gasteiger partial charge < -0.3 is 20.6 Å².